The Bertz CT molecular complexity index is 614. The number of nitrogens with zero attached hydrogens (tertiary/aromatic N) is 1. The second-order valence-electron chi connectivity index (χ2n) is 6.44. The van der Waals surface area contributed by atoms with Crippen molar-refractivity contribution in [3.63, 3.8) is 0 Å². The van der Waals surface area contributed by atoms with Crippen molar-refractivity contribution in [2.75, 3.05) is 52.7 Å². The van der Waals surface area contributed by atoms with E-state index in [4.69, 9.17) is 24.1 Å². The molecule has 0 radical (unpaired) electrons. The van der Waals surface area contributed by atoms with E-state index in [1.165, 1.54) is 0 Å². The molecule has 1 aromatic rings. The number of hydrogen-bond acceptors (Lipinski definition) is 6. The summed E-state index contributed by atoms with van der Waals surface area (Å²) >= 11 is 0. The highest BCUT2D eigenvalue weighted by molar-refractivity contribution is 5.91. The Hall–Kier alpha value is -1.93. The van der Waals surface area contributed by atoms with E-state index in [9.17, 15) is 4.79 Å². The number of rotatable bonds is 8. The second-order valence-corrected chi connectivity index (χ2v) is 6.44. The molecule has 1 N–H and O–H groups in total. The number of aliphatic hydroxyl groups excluding tert-OH is 1. The van der Waals surface area contributed by atoms with Crippen molar-refractivity contribution in [1.29, 1.82) is 0 Å². The molecule has 148 valence electrons. The van der Waals surface area contributed by atoms with E-state index in [2.05, 4.69) is 0 Å². The molecule has 27 heavy (non-hydrogen) atoms. The first kappa shape index (κ1) is 19.8. The quantitative estimate of drug-likeness (QED) is 0.688. The predicted octanol–water partition coefficient (Wildman–Crippen LogP) is 1.28. The molecule has 0 unspecified atom stereocenters. The van der Waals surface area contributed by atoms with E-state index >= 15 is 0 Å². The maximum absolute atomic E-state index is 12.9. The summed E-state index contributed by atoms with van der Waals surface area (Å²) < 4.78 is 22.2. The third kappa shape index (κ3) is 5.77. The average Bonchev–Trinajstić information content (AvgIpc) is 2.74. The van der Waals surface area contributed by atoms with E-state index in [1.54, 1.807) is 4.90 Å². The van der Waals surface area contributed by atoms with E-state index in [1.807, 2.05) is 36.4 Å². The van der Waals surface area contributed by atoms with Gasteiger partial charge in [0.2, 0.25) is 6.29 Å². The molecule has 3 rings (SSSR count). The maximum Gasteiger partial charge on any atom is 0.288 e. The lowest BCUT2D eigenvalue weighted by Gasteiger charge is -2.33. The Labute approximate surface area is 159 Å². The monoisotopic (exact) mass is 377 g/mol. The summed E-state index contributed by atoms with van der Waals surface area (Å²) in [5.74, 6) is 0.255. The number of aliphatic hydroxyl groups is 1. The van der Waals surface area contributed by atoms with Crippen LogP contribution < -0.4 is 0 Å². The fourth-order valence-electron chi connectivity index (χ4n) is 3.17. The number of carbonyl (C=O) groups excluding carboxylic acids is 1. The summed E-state index contributed by atoms with van der Waals surface area (Å²) in [6.45, 7) is 3.19. The molecule has 1 saturated heterocycles. The van der Waals surface area contributed by atoms with Crippen LogP contribution in [0.1, 0.15) is 17.9 Å². The Morgan fingerprint density at radius 1 is 1.15 bits per heavy atom. The summed E-state index contributed by atoms with van der Waals surface area (Å²) in [6.07, 6.45) is 2.01. The van der Waals surface area contributed by atoms with Crippen LogP contribution in [0.5, 0.6) is 0 Å². The van der Waals surface area contributed by atoms with Crippen LogP contribution in [0, 0.1) is 0 Å². The maximum atomic E-state index is 12.9. The molecule has 0 bridgehead atoms. The standard InChI is InChI=1S/C20H27NO6/c22-8-11-25-12-13-26-19-15-17(16-4-2-1-3-5-16)14-18(27-19)20(23)21-6-9-24-10-7-21/h1-5,14,17,19,22H,6-13,15H2/t17-,19+/m1/s1. The second kappa shape index (κ2) is 10.4. The van der Waals surface area contributed by atoms with Gasteiger partial charge in [0.25, 0.3) is 5.91 Å². The highest BCUT2D eigenvalue weighted by Crippen LogP contribution is 2.32. The van der Waals surface area contributed by atoms with Gasteiger partial charge in [-0.15, -0.1) is 0 Å². The highest BCUT2D eigenvalue weighted by Gasteiger charge is 2.31. The molecule has 0 spiro atoms. The van der Waals surface area contributed by atoms with Crippen LogP contribution >= 0.6 is 0 Å². The molecule has 2 heterocycles. The minimum Gasteiger partial charge on any atom is -0.459 e. The third-order valence-corrected chi connectivity index (χ3v) is 4.56. The SMILES string of the molecule is O=C(C1=C[C@@H](c2ccccc2)C[C@@H](OCCOCCO)O1)N1CCOCC1. The number of carbonyl (C=O) groups is 1. The van der Waals surface area contributed by atoms with E-state index in [-0.39, 0.29) is 25.0 Å². The lowest BCUT2D eigenvalue weighted by Crippen LogP contribution is -2.43. The van der Waals surface area contributed by atoms with Gasteiger partial charge in [0.1, 0.15) is 0 Å². The summed E-state index contributed by atoms with van der Waals surface area (Å²) in [5, 5.41) is 8.75. The van der Waals surface area contributed by atoms with Crippen molar-refractivity contribution < 1.29 is 28.8 Å². The molecule has 1 amide bonds. The molecule has 2 atom stereocenters. The predicted molar refractivity (Wildman–Crippen MR) is 98.0 cm³/mol. The molecule has 2 aliphatic heterocycles. The molecule has 0 aromatic heterocycles. The number of hydrogen-bond donors (Lipinski definition) is 1. The van der Waals surface area contributed by atoms with Gasteiger partial charge in [0.05, 0.1) is 39.6 Å². The number of benzene rings is 1. The zero-order valence-corrected chi connectivity index (χ0v) is 15.4. The fourth-order valence-corrected chi connectivity index (χ4v) is 3.17. The Kier molecular flexibility index (Phi) is 7.65. The van der Waals surface area contributed by atoms with Gasteiger partial charge >= 0.3 is 0 Å². The van der Waals surface area contributed by atoms with Crippen LogP contribution in [0.15, 0.2) is 42.2 Å². The number of allylic oxidation sites excluding steroid dienone is 1. The van der Waals surface area contributed by atoms with Gasteiger partial charge in [0.15, 0.2) is 5.76 Å². The lowest BCUT2D eigenvalue weighted by atomic mass is 9.93. The summed E-state index contributed by atoms with van der Waals surface area (Å²) in [6, 6.07) is 10.0. The Morgan fingerprint density at radius 2 is 1.93 bits per heavy atom. The van der Waals surface area contributed by atoms with Gasteiger partial charge in [-0.1, -0.05) is 30.3 Å². The van der Waals surface area contributed by atoms with Crippen molar-refractivity contribution in [2.45, 2.75) is 18.6 Å². The largest absolute Gasteiger partial charge is 0.459 e. The van der Waals surface area contributed by atoms with E-state index in [0.29, 0.717) is 51.7 Å². The molecule has 0 saturated carbocycles. The van der Waals surface area contributed by atoms with Gasteiger partial charge in [0, 0.05) is 25.4 Å². The van der Waals surface area contributed by atoms with Crippen LogP contribution in [0.4, 0.5) is 0 Å². The molecule has 7 heteroatoms. The van der Waals surface area contributed by atoms with E-state index < -0.39 is 6.29 Å². The fraction of sp³-hybridized carbons (Fsp3) is 0.550. The van der Waals surface area contributed by atoms with Gasteiger partial charge < -0.3 is 29.0 Å². The zero-order chi connectivity index (χ0) is 18.9. The van der Waals surface area contributed by atoms with Crippen molar-refractivity contribution in [2.24, 2.45) is 0 Å². The molecule has 2 aliphatic rings. The van der Waals surface area contributed by atoms with Crippen LogP contribution in [0.25, 0.3) is 0 Å². The van der Waals surface area contributed by atoms with Crippen molar-refractivity contribution >= 4 is 5.91 Å². The number of ether oxygens (including phenoxy) is 4. The smallest absolute Gasteiger partial charge is 0.288 e. The van der Waals surface area contributed by atoms with E-state index in [0.717, 1.165) is 5.56 Å². The summed E-state index contributed by atoms with van der Waals surface area (Å²) in [7, 11) is 0. The summed E-state index contributed by atoms with van der Waals surface area (Å²) in [4.78, 5) is 14.6. The average molecular weight is 377 g/mol. The van der Waals surface area contributed by atoms with Gasteiger partial charge in [-0.2, -0.15) is 0 Å². The van der Waals surface area contributed by atoms with Crippen molar-refractivity contribution in [3.05, 3.63) is 47.7 Å². The minimum atomic E-state index is -0.516. The highest BCUT2D eigenvalue weighted by atomic mass is 16.7. The van der Waals surface area contributed by atoms with Gasteiger partial charge in [-0.25, -0.2) is 0 Å². The Morgan fingerprint density at radius 3 is 2.67 bits per heavy atom. The topological polar surface area (TPSA) is 77.5 Å². The van der Waals surface area contributed by atoms with Crippen molar-refractivity contribution in [1.82, 2.24) is 4.90 Å². The van der Waals surface area contributed by atoms with Crippen molar-refractivity contribution in [3.8, 4) is 0 Å². The normalized spacial score (nSPS) is 22.9. The number of morpholine rings is 1. The van der Waals surface area contributed by atoms with Crippen LogP contribution in [0.3, 0.4) is 0 Å². The number of amides is 1. The first-order valence-electron chi connectivity index (χ1n) is 9.38. The Balaban J connectivity index is 1.67. The third-order valence-electron chi connectivity index (χ3n) is 4.56. The first-order valence-corrected chi connectivity index (χ1v) is 9.38. The van der Waals surface area contributed by atoms with Gasteiger partial charge in [-0.3, -0.25) is 4.79 Å². The first-order chi connectivity index (χ1) is 13.3. The van der Waals surface area contributed by atoms with Crippen LogP contribution in [-0.4, -0.2) is 74.9 Å². The molecule has 1 fully saturated rings. The summed E-state index contributed by atoms with van der Waals surface area (Å²) in [5.41, 5.74) is 1.12. The molecular weight excluding hydrogens is 350 g/mol. The molecular formula is C20H27NO6. The molecule has 7 nitrogen and oxygen atoms in total. The lowest BCUT2D eigenvalue weighted by molar-refractivity contribution is -0.158. The van der Waals surface area contributed by atoms with Gasteiger partial charge in [-0.05, 0) is 11.6 Å². The van der Waals surface area contributed by atoms with Crippen LogP contribution in [-0.2, 0) is 23.7 Å². The zero-order valence-electron chi connectivity index (χ0n) is 15.4. The molecule has 0 aliphatic carbocycles. The van der Waals surface area contributed by atoms with Crippen LogP contribution in [0.2, 0.25) is 0 Å². The minimum absolute atomic E-state index is 0.0169. The molecule has 1 aromatic carbocycles.